The van der Waals surface area contributed by atoms with E-state index in [1.54, 1.807) is 0 Å². The molecule has 6 nitrogen and oxygen atoms in total. The number of fused-ring (bicyclic) bond motifs is 6. The zero-order valence-corrected chi connectivity index (χ0v) is 24.7. The molecule has 14 unspecified atom stereocenters. The van der Waals surface area contributed by atoms with Gasteiger partial charge in [0.25, 0.3) is 0 Å². The van der Waals surface area contributed by atoms with Crippen molar-refractivity contribution in [2.45, 2.75) is 105 Å². The van der Waals surface area contributed by atoms with Gasteiger partial charge in [0.05, 0.1) is 18.4 Å². The first-order chi connectivity index (χ1) is 18.4. The molecule has 6 saturated carbocycles. The molecule has 39 heavy (non-hydrogen) atoms. The minimum atomic E-state index is -0.718. The van der Waals surface area contributed by atoms with Gasteiger partial charge in [-0.05, 0) is 105 Å². The minimum absolute atomic E-state index is 0.0119. The van der Waals surface area contributed by atoms with Crippen molar-refractivity contribution in [3.05, 3.63) is 0 Å². The average molecular weight is 541 g/mol. The first kappa shape index (κ1) is 26.3. The molecule has 0 aromatic heterocycles. The highest BCUT2D eigenvalue weighted by atomic mass is 16.6. The van der Waals surface area contributed by atoms with E-state index in [0.29, 0.717) is 66.3 Å². The topological polar surface area (TPSA) is 78.9 Å². The summed E-state index contributed by atoms with van der Waals surface area (Å²) in [5.41, 5.74) is -0.307. The van der Waals surface area contributed by atoms with E-state index in [4.69, 9.17) is 14.2 Å². The summed E-state index contributed by atoms with van der Waals surface area (Å²) in [6.07, 6.45) is 7.42. The van der Waals surface area contributed by atoms with E-state index < -0.39 is 17.7 Å². The monoisotopic (exact) mass is 540 g/mol. The summed E-state index contributed by atoms with van der Waals surface area (Å²) in [5, 5.41) is 0. The third-order valence-corrected chi connectivity index (χ3v) is 14.6. The second kappa shape index (κ2) is 8.47. The van der Waals surface area contributed by atoms with Gasteiger partial charge in [0.15, 0.2) is 0 Å². The maximum atomic E-state index is 14.0. The van der Waals surface area contributed by atoms with E-state index in [1.165, 1.54) is 12.8 Å². The van der Waals surface area contributed by atoms with Crippen LogP contribution in [0.1, 0.15) is 92.9 Å². The summed E-state index contributed by atoms with van der Waals surface area (Å²) in [6.45, 7) is 14.4. The zero-order chi connectivity index (χ0) is 27.6. The number of cyclic esters (lactones) is 1. The number of ether oxygens (including phenoxy) is 3. The lowest BCUT2D eigenvalue weighted by Crippen LogP contribution is -2.55. The minimum Gasteiger partial charge on any atom is -0.463 e. The van der Waals surface area contributed by atoms with Crippen LogP contribution in [0, 0.1) is 75.9 Å². The van der Waals surface area contributed by atoms with Crippen LogP contribution in [0.4, 0.5) is 0 Å². The van der Waals surface area contributed by atoms with Gasteiger partial charge in [0, 0.05) is 17.3 Å². The Kier molecular flexibility index (Phi) is 5.72. The standard InChI is InChI=1S/C33H48O6/c1-16-18-11-22(24(12-18)29(35)39-33(6)31(3,4)20-7-9-32(33,5)15-20)27(16)26-17(2)21-13-19(26)14-23(21)28(34)38-25-8-10-37-30(25)36/h16-27H,7-15H2,1-6H3. The quantitative estimate of drug-likeness (QED) is 0.323. The summed E-state index contributed by atoms with van der Waals surface area (Å²) in [4.78, 5) is 39.0. The van der Waals surface area contributed by atoms with Crippen molar-refractivity contribution >= 4 is 17.9 Å². The number of carbonyl (C=O) groups excluding carboxylic acids is 3. The van der Waals surface area contributed by atoms with Crippen molar-refractivity contribution in [2.75, 3.05) is 6.61 Å². The van der Waals surface area contributed by atoms with Crippen molar-refractivity contribution < 1.29 is 28.6 Å². The Morgan fingerprint density at radius 2 is 1.54 bits per heavy atom. The fourth-order valence-electron chi connectivity index (χ4n) is 12.0. The molecular formula is C33H48O6. The van der Waals surface area contributed by atoms with Crippen molar-refractivity contribution in [1.82, 2.24) is 0 Å². The highest BCUT2D eigenvalue weighted by molar-refractivity contribution is 5.82. The maximum Gasteiger partial charge on any atom is 0.347 e. The van der Waals surface area contributed by atoms with Crippen molar-refractivity contribution in [3.63, 3.8) is 0 Å². The third-order valence-electron chi connectivity index (χ3n) is 14.6. The van der Waals surface area contributed by atoms with E-state index in [0.717, 1.165) is 32.1 Å². The van der Waals surface area contributed by atoms with Gasteiger partial charge in [-0.15, -0.1) is 0 Å². The highest BCUT2D eigenvalue weighted by Gasteiger charge is 2.70. The Hall–Kier alpha value is -1.59. The van der Waals surface area contributed by atoms with Crippen LogP contribution in [0.3, 0.4) is 0 Å². The lowest BCUT2D eigenvalue weighted by atomic mass is 9.60. The third kappa shape index (κ3) is 3.41. The van der Waals surface area contributed by atoms with Crippen LogP contribution in [0.15, 0.2) is 0 Å². The molecule has 0 spiro atoms. The van der Waals surface area contributed by atoms with E-state index in [2.05, 4.69) is 41.5 Å². The van der Waals surface area contributed by atoms with Gasteiger partial charge < -0.3 is 14.2 Å². The molecule has 216 valence electrons. The molecule has 1 aliphatic heterocycles. The molecule has 6 aliphatic carbocycles. The number of carbonyl (C=O) groups is 3. The van der Waals surface area contributed by atoms with Gasteiger partial charge in [0.1, 0.15) is 5.60 Å². The summed E-state index contributed by atoms with van der Waals surface area (Å²) in [5.74, 6) is 4.00. The predicted molar refractivity (Wildman–Crippen MR) is 144 cm³/mol. The van der Waals surface area contributed by atoms with Gasteiger partial charge in [-0.25, -0.2) is 4.79 Å². The van der Waals surface area contributed by atoms with Crippen LogP contribution in [0.25, 0.3) is 0 Å². The summed E-state index contributed by atoms with van der Waals surface area (Å²) in [7, 11) is 0. The number of hydrogen-bond acceptors (Lipinski definition) is 6. The lowest BCUT2D eigenvalue weighted by Gasteiger charge is -2.52. The molecule has 14 atom stereocenters. The second-order valence-corrected chi connectivity index (χ2v) is 15.9. The molecule has 0 radical (unpaired) electrons. The molecule has 7 rings (SSSR count). The number of rotatable bonds is 5. The van der Waals surface area contributed by atoms with Crippen LogP contribution in [0.5, 0.6) is 0 Å². The normalized spacial score (nSPS) is 54.4. The Morgan fingerprint density at radius 1 is 0.846 bits per heavy atom. The van der Waals surface area contributed by atoms with Crippen LogP contribution < -0.4 is 0 Å². The first-order valence-electron chi connectivity index (χ1n) is 16.0. The molecule has 0 N–H and O–H groups in total. The van der Waals surface area contributed by atoms with Gasteiger partial charge in [-0.1, -0.05) is 34.6 Å². The second-order valence-electron chi connectivity index (χ2n) is 15.9. The Bertz CT molecular complexity index is 1070. The molecular weight excluding hydrogens is 492 g/mol. The fourth-order valence-corrected chi connectivity index (χ4v) is 12.0. The largest absolute Gasteiger partial charge is 0.463 e. The van der Waals surface area contributed by atoms with Crippen LogP contribution >= 0.6 is 0 Å². The molecule has 0 aromatic rings. The highest BCUT2D eigenvalue weighted by Crippen LogP contribution is 2.70. The predicted octanol–water partition coefficient (Wildman–Crippen LogP) is 5.81. The van der Waals surface area contributed by atoms with Gasteiger partial charge >= 0.3 is 17.9 Å². The van der Waals surface area contributed by atoms with Gasteiger partial charge in [-0.2, -0.15) is 0 Å². The number of hydrogen-bond donors (Lipinski definition) is 0. The molecule has 6 bridgehead atoms. The maximum absolute atomic E-state index is 14.0. The molecule has 6 heteroatoms. The average Bonchev–Trinajstić information content (AvgIpc) is 3.71. The Balaban J connectivity index is 1.05. The molecule has 7 aliphatic rings. The first-order valence-corrected chi connectivity index (χ1v) is 16.0. The number of esters is 3. The molecule has 1 heterocycles. The van der Waals surface area contributed by atoms with E-state index in [1.807, 2.05) is 0 Å². The summed E-state index contributed by atoms with van der Waals surface area (Å²) >= 11 is 0. The van der Waals surface area contributed by atoms with E-state index in [9.17, 15) is 14.4 Å². The van der Waals surface area contributed by atoms with Gasteiger partial charge in [0.2, 0.25) is 6.10 Å². The lowest BCUT2D eigenvalue weighted by molar-refractivity contribution is -0.200. The van der Waals surface area contributed by atoms with E-state index in [-0.39, 0.29) is 34.6 Å². The van der Waals surface area contributed by atoms with Gasteiger partial charge in [-0.3, -0.25) is 9.59 Å². The van der Waals surface area contributed by atoms with E-state index >= 15 is 0 Å². The summed E-state index contributed by atoms with van der Waals surface area (Å²) in [6, 6.07) is 0. The zero-order valence-electron chi connectivity index (χ0n) is 24.7. The smallest absolute Gasteiger partial charge is 0.347 e. The molecule has 0 amide bonds. The molecule has 7 fully saturated rings. The SMILES string of the molecule is CC1C2CC(CC2C(=O)OC2CCOC2=O)C1C1C(C)C2CC(C(=O)OC3(C)C4(C)CCC(C4)C3(C)C)C1C2. The fraction of sp³-hybridized carbons (Fsp3) is 0.909. The molecule has 1 saturated heterocycles. The van der Waals surface area contributed by atoms with Crippen molar-refractivity contribution in [3.8, 4) is 0 Å². The molecule has 0 aromatic carbocycles. The van der Waals surface area contributed by atoms with Crippen LogP contribution in [-0.2, 0) is 28.6 Å². The van der Waals surface area contributed by atoms with Crippen molar-refractivity contribution in [1.29, 1.82) is 0 Å². The summed E-state index contributed by atoms with van der Waals surface area (Å²) < 4.78 is 17.3. The Morgan fingerprint density at radius 3 is 2.15 bits per heavy atom. The van der Waals surface area contributed by atoms with Crippen molar-refractivity contribution in [2.24, 2.45) is 75.9 Å². The van der Waals surface area contributed by atoms with Crippen LogP contribution in [-0.4, -0.2) is 36.2 Å². The van der Waals surface area contributed by atoms with Crippen LogP contribution in [0.2, 0.25) is 0 Å². The Labute approximate surface area is 233 Å².